The van der Waals surface area contributed by atoms with Crippen LogP contribution in [0.4, 0.5) is 13.9 Å². The highest BCUT2D eigenvalue weighted by molar-refractivity contribution is 7.15. The molecule has 1 amide bonds. The van der Waals surface area contributed by atoms with E-state index in [1.54, 1.807) is 6.20 Å². The minimum atomic E-state index is -0.607. The number of morpholine rings is 1. The summed E-state index contributed by atoms with van der Waals surface area (Å²) in [6.07, 6.45) is 1.33. The van der Waals surface area contributed by atoms with Gasteiger partial charge in [-0.1, -0.05) is 6.07 Å². The number of nitrogens with zero attached hydrogens (tertiary/aromatic N) is 1. The molecule has 1 aromatic carbocycles. The lowest BCUT2D eigenvalue weighted by atomic mass is 10.1. The summed E-state index contributed by atoms with van der Waals surface area (Å²) in [4.78, 5) is 16.9. The molecule has 1 saturated heterocycles. The number of carbonyl (C=O) groups is 1. The molecule has 1 unspecified atom stereocenters. The van der Waals surface area contributed by atoms with Gasteiger partial charge in [-0.25, -0.2) is 13.8 Å². The maximum Gasteiger partial charge on any atom is 0.256 e. The molecule has 1 fully saturated rings. The number of hydrogen-bond donors (Lipinski definition) is 2. The van der Waals surface area contributed by atoms with Crippen LogP contribution in [0.5, 0.6) is 0 Å². The summed E-state index contributed by atoms with van der Waals surface area (Å²) in [5.74, 6) is -1.46. The molecule has 1 atom stereocenters. The number of halogens is 3. The summed E-state index contributed by atoms with van der Waals surface area (Å²) < 4.78 is 31.9. The molecule has 2 heterocycles. The number of benzene rings is 1. The van der Waals surface area contributed by atoms with E-state index >= 15 is 0 Å². The van der Waals surface area contributed by atoms with Crippen molar-refractivity contribution >= 4 is 34.8 Å². The molecule has 0 saturated carbocycles. The first-order valence-electron chi connectivity index (χ1n) is 7.13. The molecule has 0 spiro atoms. The topological polar surface area (TPSA) is 63.2 Å². The molecule has 1 aromatic heterocycles. The van der Waals surface area contributed by atoms with E-state index in [1.807, 2.05) is 0 Å². The van der Waals surface area contributed by atoms with E-state index in [1.165, 1.54) is 23.5 Å². The smallest absolute Gasteiger partial charge is 0.256 e. The van der Waals surface area contributed by atoms with Crippen molar-refractivity contribution in [2.45, 2.75) is 12.5 Å². The number of thiazole rings is 1. The van der Waals surface area contributed by atoms with Crippen LogP contribution in [0.1, 0.15) is 10.4 Å². The van der Waals surface area contributed by atoms with Gasteiger partial charge in [-0.3, -0.25) is 10.1 Å². The minimum absolute atomic E-state index is 0. The van der Waals surface area contributed by atoms with Gasteiger partial charge < -0.3 is 10.1 Å². The zero-order chi connectivity index (χ0) is 16.2. The number of anilines is 1. The Bertz CT molecular complexity index is 708. The number of rotatable bonds is 4. The Labute approximate surface area is 147 Å². The average molecular weight is 376 g/mol. The molecule has 1 aliphatic heterocycles. The van der Waals surface area contributed by atoms with Gasteiger partial charge in [0.1, 0.15) is 17.7 Å². The van der Waals surface area contributed by atoms with Crippen molar-refractivity contribution in [3.05, 3.63) is 46.5 Å². The Balaban J connectivity index is 0.00000208. The fourth-order valence-corrected chi connectivity index (χ4v) is 3.06. The molecule has 0 radical (unpaired) electrons. The second-order valence-electron chi connectivity index (χ2n) is 5.10. The second kappa shape index (κ2) is 8.48. The van der Waals surface area contributed by atoms with Crippen molar-refractivity contribution in [1.82, 2.24) is 10.3 Å². The SMILES string of the molecule is Cl.O=C(Nc1ncc(Cc2ccc(F)cc2F)s1)C1CNCCO1. The first kappa shape index (κ1) is 18.7. The van der Waals surface area contributed by atoms with E-state index in [-0.39, 0.29) is 18.3 Å². The third-order valence-electron chi connectivity index (χ3n) is 3.38. The van der Waals surface area contributed by atoms with Gasteiger partial charge >= 0.3 is 0 Å². The van der Waals surface area contributed by atoms with Crippen LogP contribution in [0, 0.1) is 11.6 Å². The zero-order valence-electron chi connectivity index (χ0n) is 12.6. The third kappa shape index (κ3) is 4.70. The monoisotopic (exact) mass is 375 g/mol. The number of nitrogens with one attached hydrogen (secondary N) is 2. The Kier molecular flexibility index (Phi) is 6.61. The average Bonchev–Trinajstić information content (AvgIpc) is 2.98. The number of ether oxygens (including phenoxy) is 1. The van der Waals surface area contributed by atoms with Gasteiger partial charge in [0.25, 0.3) is 5.91 Å². The lowest BCUT2D eigenvalue weighted by Crippen LogP contribution is -2.45. The molecule has 9 heteroatoms. The summed E-state index contributed by atoms with van der Waals surface area (Å²) >= 11 is 1.25. The molecule has 0 bridgehead atoms. The Hall–Kier alpha value is -1.61. The predicted molar refractivity (Wildman–Crippen MR) is 89.8 cm³/mol. The van der Waals surface area contributed by atoms with E-state index in [2.05, 4.69) is 15.6 Å². The molecule has 2 N–H and O–H groups in total. The van der Waals surface area contributed by atoms with Crippen LogP contribution in [0.25, 0.3) is 0 Å². The highest BCUT2D eigenvalue weighted by atomic mass is 35.5. The first-order valence-corrected chi connectivity index (χ1v) is 7.95. The van der Waals surface area contributed by atoms with Crippen LogP contribution >= 0.6 is 23.7 Å². The van der Waals surface area contributed by atoms with E-state index in [4.69, 9.17) is 4.74 Å². The van der Waals surface area contributed by atoms with E-state index < -0.39 is 17.7 Å². The van der Waals surface area contributed by atoms with Gasteiger partial charge in [-0.2, -0.15) is 0 Å². The third-order valence-corrected chi connectivity index (χ3v) is 4.30. The molecule has 3 rings (SSSR count). The van der Waals surface area contributed by atoms with Crippen molar-refractivity contribution in [2.24, 2.45) is 0 Å². The Morgan fingerprint density at radius 1 is 1.46 bits per heavy atom. The molecule has 5 nitrogen and oxygen atoms in total. The molecule has 130 valence electrons. The van der Waals surface area contributed by atoms with Gasteiger partial charge in [-0.05, 0) is 11.6 Å². The van der Waals surface area contributed by atoms with Crippen molar-refractivity contribution in [3.63, 3.8) is 0 Å². The van der Waals surface area contributed by atoms with E-state index in [0.717, 1.165) is 17.5 Å². The Morgan fingerprint density at radius 2 is 2.29 bits per heavy atom. The van der Waals surface area contributed by atoms with Crippen LogP contribution < -0.4 is 10.6 Å². The summed E-state index contributed by atoms with van der Waals surface area (Å²) in [6.45, 7) is 1.68. The van der Waals surface area contributed by atoms with Gasteiger partial charge in [-0.15, -0.1) is 23.7 Å². The minimum Gasteiger partial charge on any atom is -0.366 e. The van der Waals surface area contributed by atoms with E-state index in [9.17, 15) is 13.6 Å². The van der Waals surface area contributed by atoms with Crippen molar-refractivity contribution in [1.29, 1.82) is 0 Å². The standard InChI is InChI=1S/C15H15F2N3O2S.ClH/c16-10-2-1-9(12(17)6-10)5-11-7-19-15(23-11)20-14(21)13-8-18-3-4-22-13;/h1-2,6-7,13,18H,3-5,8H2,(H,19,20,21);1H. The van der Waals surface area contributed by atoms with E-state index in [0.29, 0.717) is 30.3 Å². The molecular formula is C15H16ClF2N3O2S. The maximum atomic E-state index is 13.6. The molecule has 2 aromatic rings. The summed E-state index contributed by atoms with van der Waals surface area (Å²) in [7, 11) is 0. The van der Waals surface area contributed by atoms with Gasteiger partial charge in [0.2, 0.25) is 0 Å². The fraction of sp³-hybridized carbons (Fsp3) is 0.333. The van der Waals surface area contributed by atoms with Gasteiger partial charge in [0.15, 0.2) is 5.13 Å². The normalized spacial score (nSPS) is 17.2. The number of aromatic nitrogens is 1. The van der Waals surface area contributed by atoms with Crippen molar-refractivity contribution in [2.75, 3.05) is 25.0 Å². The lowest BCUT2D eigenvalue weighted by Gasteiger charge is -2.22. The highest BCUT2D eigenvalue weighted by Gasteiger charge is 2.22. The molecule has 1 aliphatic rings. The number of carbonyl (C=O) groups excluding carboxylic acids is 1. The number of hydrogen-bond acceptors (Lipinski definition) is 5. The van der Waals surface area contributed by atoms with Gasteiger partial charge in [0, 0.05) is 36.7 Å². The van der Waals surface area contributed by atoms with Crippen LogP contribution in [-0.4, -0.2) is 36.7 Å². The fourth-order valence-electron chi connectivity index (χ4n) is 2.22. The number of amides is 1. The molecular weight excluding hydrogens is 360 g/mol. The Morgan fingerprint density at radius 3 is 3.00 bits per heavy atom. The van der Waals surface area contributed by atoms with Crippen LogP contribution in [0.3, 0.4) is 0 Å². The van der Waals surface area contributed by atoms with Gasteiger partial charge in [0.05, 0.1) is 6.61 Å². The summed E-state index contributed by atoms with van der Waals surface area (Å²) in [5.41, 5.74) is 0.382. The van der Waals surface area contributed by atoms with Crippen molar-refractivity contribution < 1.29 is 18.3 Å². The van der Waals surface area contributed by atoms with Crippen LogP contribution in [0.15, 0.2) is 24.4 Å². The lowest BCUT2D eigenvalue weighted by molar-refractivity contribution is -0.128. The largest absolute Gasteiger partial charge is 0.366 e. The predicted octanol–water partition coefficient (Wildman–Crippen LogP) is 2.36. The summed E-state index contributed by atoms with van der Waals surface area (Å²) in [6, 6.07) is 3.48. The molecule has 0 aliphatic carbocycles. The van der Waals surface area contributed by atoms with Crippen LogP contribution in [0.2, 0.25) is 0 Å². The molecule has 24 heavy (non-hydrogen) atoms. The quantitative estimate of drug-likeness (QED) is 0.861. The second-order valence-corrected chi connectivity index (χ2v) is 6.21. The summed E-state index contributed by atoms with van der Waals surface area (Å²) in [5, 5.41) is 6.20. The van der Waals surface area contributed by atoms with Crippen molar-refractivity contribution in [3.8, 4) is 0 Å². The highest BCUT2D eigenvalue weighted by Crippen LogP contribution is 2.23. The maximum absolute atomic E-state index is 13.6. The first-order chi connectivity index (χ1) is 11.1. The zero-order valence-corrected chi connectivity index (χ0v) is 14.2. The van der Waals surface area contributed by atoms with Crippen LogP contribution in [-0.2, 0) is 16.0 Å².